The highest BCUT2D eigenvalue weighted by atomic mass is 19.4. The molecule has 0 radical (unpaired) electrons. The number of esters is 1. The van der Waals surface area contributed by atoms with Crippen molar-refractivity contribution >= 4 is 23.3 Å². The van der Waals surface area contributed by atoms with E-state index in [0.29, 0.717) is 11.3 Å². The summed E-state index contributed by atoms with van der Waals surface area (Å²) in [5, 5.41) is 5.51. The second-order valence-electron chi connectivity index (χ2n) is 5.57. The van der Waals surface area contributed by atoms with Crippen LogP contribution >= 0.6 is 0 Å². The Morgan fingerprint density at radius 2 is 1.70 bits per heavy atom. The molecule has 0 aliphatic rings. The smallest absolute Gasteiger partial charge is 0.416 e. The lowest BCUT2D eigenvalue weighted by Crippen LogP contribution is -2.17. The molecule has 0 saturated heterocycles. The Morgan fingerprint density at radius 3 is 2.33 bits per heavy atom. The molecule has 0 bridgehead atoms. The fourth-order valence-corrected chi connectivity index (χ4v) is 2.30. The van der Waals surface area contributed by atoms with Crippen molar-refractivity contribution in [3.8, 4) is 0 Å². The summed E-state index contributed by atoms with van der Waals surface area (Å²) in [5.74, 6) is -0.828. The van der Waals surface area contributed by atoms with Crippen LogP contribution in [0.3, 0.4) is 0 Å². The number of carbonyl (C=O) groups is 2. The quantitative estimate of drug-likeness (QED) is 0.702. The first-order chi connectivity index (χ1) is 12.8. The van der Waals surface area contributed by atoms with Crippen molar-refractivity contribution < 1.29 is 27.5 Å². The van der Waals surface area contributed by atoms with Crippen molar-refractivity contribution in [2.45, 2.75) is 19.5 Å². The zero-order valence-electron chi connectivity index (χ0n) is 14.6. The molecular formula is C19H19F3N2O3. The van der Waals surface area contributed by atoms with E-state index in [9.17, 15) is 22.8 Å². The summed E-state index contributed by atoms with van der Waals surface area (Å²) in [7, 11) is 0. The molecule has 0 spiro atoms. The minimum absolute atomic E-state index is 0.0676. The molecule has 2 rings (SSSR count). The number of hydrogen-bond acceptors (Lipinski definition) is 4. The number of hydrogen-bond donors (Lipinski definition) is 2. The van der Waals surface area contributed by atoms with Crippen LogP contribution in [0.15, 0.2) is 48.5 Å². The molecular weight excluding hydrogens is 361 g/mol. The molecule has 2 aromatic rings. The van der Waals surface area contributed by atoms with Crippen LogP contribution in [0.2, 0.25) is 0 Å². The van der Waals surface area contributed by atoms with Crippen molar-refractivity contribution in [2.75, 3.05) is 23.8 Å². The molecule has 2 aromatic carbocycles. The maximum absolute atomic E-state index is 12.5. The van der Waals surface area contributed by atoms with Gasteiger partial charge in [-0.15, -0.1) is 0 Å². The largest absolute Gasteiger partial charge is 0.462 e. The van der Waals surface area contributed by atoms with E-state index in [0.717, 1.165) is 12.1 Å². The Hall–Kier alpha value is -3.03. The van der Waals surface area contributed by atoms with Gasteiger partial charge in [0.1, 0.15) is 0 Å². The maximum atomic E-state index is 12.5. The summed E-state index contributed by atoms with van der Waals surface area (Å²) in [5.41, 5.74) is 0.401. The van der Waals surface area contributed by atoms with E-state index in [2.05, 4.69) is 10.6 Å². The van der Waals surface area contributed by atoms with Crippen molar-refractivity contribution in [3.63, 3.8) is 0 Å². The van der Waals surface area contributed by atoms with Crippen LogP contribution in [0.5, 0.6) is 0 Å². The van der Waals surface area contributed by atoms with E-state index in [1.165, 1.54) is 12.1 Å². The van der Waals surface area contributed by atoms with Gasteiger partial charge in [0.2, 0.25) is 5.91 Å². The number of carbonyl (C=O) groups excluding carboxylic acids is 2. The van der Waals surface area contributed by atoms with E-state index in [-0.39, 0.29) is 31.2 Å². The third-order valence-electron chi connectivity index (χ3n) is 3.59. The number of amides is 1. The molecule has 2 N–H and O–H groups in total. The van der Waals surface area contributed by atoms with Crippen molar-refractivity contribution in [3.05, 3.63) is 59.7 Å². The minimum Gasteiger partial charge on any atom is -0.462 e. The Labute approximate surface area is 154 Å². The minimum atomic E-state index is -4.42. The predicted octanol–water partition coefficient (Wildman–Crippen LogP) is 4.32. The molecule has 0 aliphatic heterocycles. The molecule has 144 valence electrons. The molecule has 27 heavy (non-hydrogen) atoms. The first-order valence-corrected chi connectivity index (χ1v) is 8.28. The molecule has 5 nitrogen and oxygen atoms in total. The first kappa shape index (κ1) is 20.3. The van der Waals surface area contributed by atoms with Gasteiger partial charge in [0.25, 0.3) is 0 Å². The summed E-state index contributed by atoms with van der Waals surface area (Å²) < 4.78 is 42.5. The Morgan fingerprint density at radius 1 is 1.04 bits per heavy atom. The van der Waals surface area contributed by atoms with Gasteiger partial charge in [-0.1, -0.05) is 12.1 Å². The van der Waals surface area contributed by atoms with Gasteiger partial charge in [0.15, 0.2) is 0 Å². The van der Waals surface area contributed by atoms with Crippen LogP contribution in [0.25, 0.3) is 0 Å². The topological polar surface area (TPSA) is 67.4 Å². The fraction of sp³-hybridized carbons (Fsp3) is 0.263. The Balaban J connectivity index is 1.87. The average molecular weight is 380 g/mol. The number of para-hydroxylation sites is 1. The van der Waals surface area contributed by atoms with Crippen LogP contribution in [0.1, 0.15) is 29.3 Å². The number of anilines is 2. The third kappa shape index (κ3) is 6.02. The van der Waals surface area contributed by atoms with Crippen molar-refractivity contribution in [1.82, 2.24) is 0 Å². The Kier molecular flexibility index (Phi) is 6.81. The third-order valence-corrected chi connectivity index (χ3v) is 3.59. The first-order valence-electron chi connectivity index (χ1n) is 8.28. The Bertz CT molecular complexity index is 790. The highest BCUT2D eigenvalue weighted by Crippen LogP contribution is 2.29. The van der Waals surface area contributed by atoms with Gasteiger partial charge in [0, 0.05) is 24.3 Å². The molecule has 1 amide bonds. The monoisotopic (exact) mass is 380 g/mol. The lowest BCUT2D eigenvalue weighted by Gasteiger charge is -2.12. The summed E-state index contributed by atoms with van der Waals surface area (Å²) >= 11 is 0. The number of halogens is 3. The number of alkyl halides is 3. The van der Waals surface area contributed by atoms with Crippen molar-refractivity contribution in [2.24, 2.45) is 0 Å². The summed E-state index contributed by atoms with van der Waals surface area (Å²) in [4.78, 5) is 23.8. The lowest BCUT2D eigenvalue weighted by molar-refractivity contribution is -0.137. The van der Waals surface area contributed by atoms with Crippen LogP contribution in [0.4, 0.5) is 24.5 Å². The van der Waals surface area contributed by atoms with Gasteiger partial charge in [-0.2, -0.15) is 13.2 Å². The summed E-state index contributed by atoms with van der Waals surface area (Å²) in [6, 6.07) is 11.0. The van der Waals surface area contributed by atoms with E-state index < -0.39 is 17.7 Å². The van der Waals surface area contributed by atoms with Gasteiger partial charge in [-0.3, -0.25) is 4.79 Å². The van der Waals surface area contributed by atoms with E-state index in [4.69, 9.17) is 4.74 Å². The lowest BCUT2D eigenvalue weighted by atomic mass is 10.1. The molecule has 0 atom stereocenters. The molecule has 0 aromatic heterocycles. The second kappa shape index (κ2) is 9.07. The summed E-state index contributed by atoms with van der Waals surface area (Å²) in [6.07, 6.45) is -4.35. The normalized spacial score (nSPS) is 11.0. The standard InChI is InChI=1S/C19H19F3N2O3/c1-2-27-18(26)15-5-3-4-6-16(15)23-12-11-17(25)24-14-9-7-13(8-10-14)19(20,21)22/h3-10,23H,2,11-12H2,1H3,(H,24,25). The average Bonchev–Trinajstić information content (AvgIpc) is 2.62. The van der Waals surface area contributed by atoms with Crippen LogP contribution in [0, 0.1) is 0 Å². The molecule has 0 fully saturated rings. The summed E-state index contributed by atoms with van der Waals surface area (Å²) in [6.45, 7) is 2.20. The zero-order chi connectivity index (χ0) is 19.9. The van der Waals surface area contributed by atoms with Crippen LogP contribution in [-0.4, -0.2) is 25.0 Å². The van der Waals surface area contributed by atoms with E-state index in [1.54, 1.807) is 31.2 Å². The number of benzene rings is 2. The highest BCUT2D eigenvalue weighted by Gasteiger charge is 2.29. The van der Waals surface area contributed by atoms with Gasteiger partial charge < -0.3 is 15.4 Å². The predicted molar refractivity (Wildman–Crippen MR) is 95.6 cm³/mol. The van der Waals surface area contributed by atoms with E-state index in [1.807, 2.05) is 0 Å². The maximum Gasteiger partial charge on any atom is 0.416 e. The number of rotatable bonds is 7. The fourth-order valence-electron chi connectivity index (χ4n) is 2.30. The SMILES string of the molecule is CCOC(=O)c1ccccc1NCCC(=O)Nc1ccc(C(F)(F)F)cc1. The van der Waals surface area contributed by atoms with Crippen molar-refractivity contribution in [1.29, 1.82) is 0 Å². The van der Waals surface area contributed by atoms with Gasteiger partial charge in [0.05, 0.1) is 17.7 Å². The van der Waals surface area contributed by atoms with Gasteiger partial charge in [-0.05, 0) is 43.3 Å². The molecule has 0 heterocycles. The van der Waals surface area contributed by atoms with Gasteiger partial charge in [-0.25, -0.2) is 4.79 Å². The van der Waals surface area contributed by atoms with Crippen LogP contribution in [-0.2, 0) is 15.7 Å². The zero-order valence-corrected chi connectivity index (χ0v) is 14.6. The second-order valence-corrected chi connectivity index (χ2v) is 5.57. The molecule has 0 aliphatic carbocycles. The van der Waals surface area contributed by atoms with E-state index >= 15 is 0 Å². The number of nitrogens with one attached hydrogen (secondary N) is 2. The van der Waals surface area contributed by atoms with Crippen LogP contribution < -0.4 is 10.6 Å². The van der Waals surface area contributed by atoms with Gasteiger partial charge >= 0.3 is 12.1 Å². The highest BCUT2D eigenvalue weighted by molar-refractivity contribution is 5.96. The molecule has 0 saturated carbocycles. The molecule has 0 unspecified atom stereocenters. The molecule has 8 heteroatoms. The number of ether oxygens (including phenoxy) is 1.